The molecule has 1 aromatic heterocycles. The summed E-state index contributed by atoms with van der Waals surface area (Å²) in [6, 6.07) is 11.8. The maximum absolute atomic E-state index is 13.8. The predicted molar refractivity (Wildman–Crippen MR) is 111 cm³/mol. The van der Waals surface area contributed by atoms with Crippen molar-refractivity contribution in [2.75, 3.05) is 13.1 Å². The van der Waals surface area contributed by atoms with E-state index in [1.807, 2.05) is 0 Å². The van der Waals surface area contributed by atoms with Crippen LogP contribution in [0.2, 0.25) is 0 Å². The Balaban J connectivity index is 1.65. The molecule has 10 heteroatoms. The van der Waals surface area contributed by atoms with Gasteiger partial charge in [-0.25, -0.2) is 17.8 Å². The first-order valence-electron chi connectivity index (χ1n) is 9.77. The van der Waals surface area contributed by atoms with Crippen LogP contribution in [0.5, 0.6) is 0 Å². The van der Waals surface area contributed by atoms with Crippen molar-refractivity contribution in [3.8, 4) is 0 Å². The maximum atomic E-state index is 13.8. The molecule has 3 aromatic rings. The molecule has 162 valence electrons. The molecular weight excluding hydrogens is 421 g/mol. The third-order valence-corrected chi connectivity index (χ3v) is 7.33. The molecule has 2 N–H and O–H groups in total. The predicted octanol–water partition coefficient (Wildman–Crippen LogP) is 2.15. The van der Waals surface area contributed by atoms with Crippen molar-refractivity contribution in [2.24, 2.45) is 0 Å². The summed E-state index contributed by atoms with van der Waals surface area (Å²) in [5.74, 6) is -0.390. The monoisotopic (exact) mass is 443 g/mol. The van der Waals surface area contributed by atoms with E-state index >= 15 is 0 Å². The van der Waals surface area contributed by atoms with Crippen LogP contribution in [0.3, 0.4) is 0 Å². The SMILES string of the molecule is Cc1nc([C@@H]2CN(S(=O)(=O)c3cc(F)ccc3C)C[C@H]2NC(=O)c2ccccc2)n[nH]1. The number of halogens is 1. The standard InChI is InChI=1S/C21H22FN5O3S/c1-13-8-9-16(22)10-19(13)31(29,30)27-11-17(20-23-14(2)25-26-20)18(12-27)24-21(28)15-6-4-3-5-7-15/h3-10,17-18H,11-12H2,1-2H3,(H,24,28)(H,23,25,26)/t17-,18-/m1/s1. The van der Waals surface area contributed by atoms with Crippen LogP contribution < -0.4 is 5.32 Å². The summed E-state index contributed by atoms with van der Waals surface area (Å²) in [4.78, 5) is 17.0. The van der Waals surface area contributed by atoms with Gasteiger partial charge in [0.2, 0.25) is 10.0 Å². The Hall–Kier alpha value is -3.11. The minimum absolute atomic E-state index is 0.0229. The molecule has 0 bridgehead atoms. The fraction of sp³-hybridized carbons (Fsp3) is 0.286. The fourth-order valence-corrected chi connectivity index (χ4v) is 5.46. The van der Waals surface area contributed by atoms with E-state index in [2.05, 4.69) is 20.5 Å². The van der Waals surface area contributed by atoms with Crippen LogP contribution in [0.4, 0.5) is 4.39 Å². The van der Waals surface area contributed by atoms with Gasteiger partial charge in [-0.15, -0.1) is 0 Å². The number of hydrogen-bond donors (Lipinski definition) is 2. The smallest absolute Gasteiger partial charge is 0.251 e. The van der Waals surface area contributed by atoms with Crippen LogP contribution in [-0.2, 0) is 10.0 Å². The Morgan fingerprint density at radius 2 is 1.90 bits per heavy atom. The molecule has 1 aliphatic rings. The van der Waals surface area contributed by atoms with E-state index in [4.69, 9.17) is 0 Å². The fourth-order valence-electron chi connectivity index (χ4n) is 3.73. The zero-order valence-electron chi connectivity index (χ0n) is 17.0. The zero-order valence-corrected chi connectivity index (χ0v) is 17.9. The normalized spacial score (nSPS) is 19.5. The third-order valence-electron chi connectivity index (χ3n) is 5.35. The highest BCUT2D eigenvalue weighted by molar-refractivity contribution is 7.89. The minimum Gasteiger partial charge on any atom is -0.347 e. The van der Waals surface area contributed by atoms with Crippen molar-refractivity contribution in [1.29, 1.82) is 0 Å². The Morgan fingerprint density at radius 1 is 1.16 bits per heavy atom. The number of aromatic amines is 1. The molecule has 1 aliphatic heterocycles. The van der Waals surface area contributed by atoms with E-state index < -0.39 is 27.8 Å². The topological polar surface area (TPSA) is 108 Å². The van der Waals surface area contributed by atoms with Gasteiger partial charge in [0.15, 0.2) is 5.82 Å². The van der Waals surface area contributed by atoms with E-state index in [-0.39, 0.29) is 23.9 Å². The van der Waals surface area contributed by atoms with Gasteiger partial charge < -0.3 is 5.32 Å². The number of aryl methyl sites for hydroxylation is 2. The summed E-state index contributed by atoms with van der Waals surface area (Å²) in [5, 5.41) is 9.86. The van der Waals surface area contributed by atoms with Gasteiger partial charge in [-0.3, -0.25) is 9.89 Å². The quantitative estimate of drug-likeness (QED) is 0.628. The first kappa shape index (κ1) is 21.1. The molecule has 1 amide bonds. The number of carbonyl (C=O) groups excluding carboxylic acids is 1. The largest absolute Gasteiger partial charge is 0.347 e. The van der Waals surface area contributed by atoms with Crippen molar-refractivity contribution in [3.63, 3.8) is 0 Å². The van der Waals surface area contributed by atoms with Crippen molar-refractivity contribution < 1.29 is 17.6 Å². The number of H-pyrrole nitrogens is 1. The van der Waals surface area contributed by atoms with Crippen LogP contribution in [0.15, 0.2) is 53.4 Å². The van der Waals surface area contributed by atoms with Crippen molar-refractivity contribution >= 4 is 15.9 Å². The van der Waals surface area contributed by atoms with Gasteiger partial charge in [0.1, 0.15) is 11.6 Å². The van der Waals surface area contributed by atoms with Crippen LogP contribution in [-0.4, -0.2) is 52.9 Å². The highest BCUT2D eigenvalue weighted by Crippen LogP contribution is 2.31. The van der Waals surface area contributed by atoms with Gasteiger partial charge in [-0.05, 0) is 43.7 Å². The summed E-state index contributed by atoms with van der Waals surface area (Å²) in [7, 11) is -3.98. The minimum atomic E-state index is -3.98. The molecule has 0 spiro atoms. The highest BCUT2D eigenvalue weighted by atomic mass is 32.2. The second-order valence-corrected chi connectivity index (χ2v) is 9.47. The molecule has 2 heterocycles. The third kappa shape index (κ3) is 4.21. The van der Waals surface area contributed by atoms with Gasteiger partial charge >= 0.3 is 0 Å². The van der Waals surface area contributed by atoms with Crippen LogP contribution in [0, 0.1) is 19.7 Å². The van der Waals surface area contributed by atoms with Gasteiger partial charge in [0.25, 0.3) is 5.91 Å². The zero-order chi connectivity index (χ0) is 22.2. The highest BCUT2D eigenvalue weighted by Gasteiger charge is 2.43. The van der Waals surface area contributed by atoms with E-state index in [9.17, 15) is 17.6 Å². The molecule has 2 aromatic carbocycles. The van der Waals surface area contributed by atoms with E-state index in [1.165, 1.54) is 16.4 Å². The number of nitrogens with one attached hydrogen (secondary N) is 2. The molecule has 1 saturated heterocycles. The van der Waals surface area contributed by atoms with Gasteiger partial charge in [-0.2, -0.15) is 9.40 Å². The van der Waals surface area contributed by atoms with E-state index in [0.29, 0.717) is 22.8 Å². The molecule has 1 fully saturated rings. The van der Waals surface area contributed by atoms with Crippen molar-refractivity contribution in [2.45, 2.75) is 30.7 Å². The summed E-state index contributed by atoms with van der Waals surface area (Å²) in [6.45, 7) is 3.45. The Morgan fingerprint density at radius 3 is 2.58 bits per heavy atom. The number of amides is 1. The van der Waals surface area contributed by atoms with Gasteiger partial charge in [0, 0.05) is 18.7 Å². The number of sulfonamides is 1. The number of benzene rings is 2. The first-order valence-corrected chi connectivity index (χ1v) is 11.2. The average molecular weight is 444 g/mol. The van der Waals surface area contributed by atoms with Gasteiger partial charge in [0.05, 0.1) is 16.9 Å². The second kappa shape index (κ2) is 8.20. The first-order chi connectivity index (χ1) is 14.8. The molecule has 31 heavy (non-hydrogen) atoms. The van der Waals surface area contributed by atoms with Crippen molar-refractivity contribution in [1.82, 2.24) is 24.8 Å². The molecule has 0 radical (unpaired) electrons. The Kier molecular flexibility index (Phi) is 5.59. The lowest BCUT2D eigenvalue weighted by Gasteiger charge is -2.18. The Labute approximate surface area is 179 Å². The maximum Gasteiger partial charge on any atom is 0.251 e. The molecule has 4 rings (SSSR count). The molecule has 0 saturated carbocycles. The number of rotatable bonds is 5. The Bertz CT molecular complexity index is 1210. The molecule has 0 unspecified atom stereocenters. The average Bonchev–Trinajstić information content (AvgIpc) is 3.37. The second-order valence-electron chi connectivity index (χ2n) is 7.56. The summed E-state index contributed by atoms with van der Waals surface area (Å²) >= 11 is 0. The van der Waals surface area contributed by atoms with E-state index in [1.54, 1.807) is 44.2 Å². The van der Waals surface area contributed by atoms with Crippen LogP contribution in [0.25, 0.3) is 0 Å². The lowest BCUT2D eigenvalue weighted by atomic mass is 10.0. The molecule has 8 nitrogen and oxygen atoms in total. The lowest BCUT2D eigenvalue weighted by Crippen LogP contribution is -2.40. The molecule has 2 atom stereocenters. The summed E-state index contributed by atoms with van der Waals surface area (Å²) < 4.78 is 41.6. The van der Waals surface area contributed by atoms with E-state index in [0.717, 1.165) is 6.07 Å². The summed E-state index contributed by atoms with van der Waals surface area (Å²) in [6.07, 6.45) is 0. The van der Waals surface area contributed by atoms with Crippen molar-refractivity contribution in [3.05, 3.63) is 77.1 Å². The van der Waals surface area contributed by atoms with Crippen LogP contribution in [0.1, 0.15) is 33.5 Å². The number of hydrogen-bond acceptors (Lipinski definition) is 5. The molecular formula is C21H22FN5O3S. The summed E-state index contributed by atoms with van der Waals surface area (Å²) in [5.41, 5.74) is 0.915. The number of aromatic nitrogens is 3. The number of nitrogens with zero attached hydrogens (tertiary/aromatic N) is 3. The van der Waals surface area contributed by atoms with Gasteiger partial charge in [-0.1, -0.05) is 24.3 Å². The number of carbonyl (C=O) groups is 1. The molecule has 0 aliphatic carbocycles. The van der Waals surface area contributed by atoms with Crippen LogP contribution >= 0.6 is 0 Å². The lowest BCUT2D eigenvalue weighted by molar-refractivity contribution is 0.0935.